The minimum Gasteiger partial charge on any atom is -0.357 e. The predicted octanol–water partition coefficient (Wildman–Crippen LogP) is 1.24. The van der Waals surface area contributed by atoms with Crippen molar-refractivity contribution in [1.82, 2.24) is 9.97 Å². The van der Waals surface area contributed by atoms with Crippen molar-refractivity contribution in [1.29, 1.82) is 5.26 Å². The van der Waals surface area contributed by atoms with Crippen molar-refractivity contribution in [3.05, 3.63) is 12.4 Å². The van der Waals surface area contributed by atoms with Crippen LogP contribution < -0.4 is 9.80 Å². The van der Waals surface area contributed by atoms with Crippen LogP contribution in [-0.4, -0.2) is 30.1 Å². The molecule has 0 bridgehead atoms. The van der Waals surface area contributed by atoms with Gasteiger partial charge in [-0.15, -0.1) is 0 Å². The van der Waals surface area contributed by atoms with Gasteiger partial charge in [-0.3, -0.25) is 4.90 Å². The normalized spacial score (nSPS) is 9.87. The van der Waals surface area contributed by atoms with Crippen molar-refractivity contribution in [2.24, 2.45) is 0 Å². The summed E-state index contributed by atoms with van der Waals surface area (Å²) in [4.78, 5) is 11.6. The third kappa shape index (κ3) is 2.56. The number of anilines is 2. The summed E-state index contributed by atoms with van der Waals surface area (Å²) in [6.07, 6.45) is 3.47. The van der Waals surface area contributed by atoms with Crippen LogP contribution in [-0.2, 0) is 0 Å². The summed E-state index contributed by atoms with van der Waals surface area (Å²) in [5, 5.41) is 8.73. The average molecular weight is 205 g/mol. The van der Waals surface area contributed by atoms with E-state index in [4.69, 9.17) is 5.26 Å². The Morgan fingerprint density at radius 1 is 1.27 bits per heavy atom. The molecule has 0 amide bonds. The van der Waals surface area contributed by atoms with Gasteiger partial charge >= 0.3 is 0 Å². The molecule has 0 fully saturated rings. The number of nitrogens with zero attached hydrogens (tertiary/aromatic N) is 5. The predicted molar refractivity (Wildman–Crippen MR) is 59.6 cm³/mol. The molecule has 1 aromatic heterocycles. The fourth-order valence-corrected chi connectivity index (χ4v) is 1.03. The van der Waals surface area contributed by atoms with Gasteiger partial charge in [-0.25, -0.2) is 9.97 Å². The van der Waals surface area contributed by atoms with Crippen LogP contribution in [0.4, 0.5) is 11.6 Å². The standard InChI is InChI=1S/C10H15N5/c1-8(2)15(4)10-5-9(12-7-13-10)14(3)6-11/h5,7-8H,1-4H3. The molecule has 1 aromatic rings. The van der Waals surface area contributed by atoms with Crippen molar-refractivity contribution < 1.29 is 0 Å². The molecule has 1 rings (SSSR count). The molecule has 0 saturated heterocycles. The lowest BCUT2D eigenvalue weighted by atomic mass is 10.3. The molecular weight excluding hydrogens is 190 g/mol. The van der Waals surface area contributed by atoms with Gasteiger partial charge in [0.1, 0.15) is 18.0 Å². The van der Waals surface area contributed by atoms with Gasteiger partial charge in [0.25, 0.3) is 0 Å². The molecular formula is C10H15N5. The van der Waals surface area contributed by atoms with Crippen molar-refractivity contribution in [3.8, 4) is 6.19 Å². The number of rotatable bonds is 3. The first-order valence-corrected chi connectivity index (χ1v) is 4.74. The molecule has 0 aliphatic rings. The Hall–Kier alpha value is -1.83. The molecule has 0 spiro atoms. The van der Waals surface area contributed by atoms with E-state index in [0.717, 1.165) is 5.82 Å². The van der Waals surface area contributed by atoms with Crippen molar-refractivity contribution in [2.75, 3.05) is 23.9 Å². The Labute approximate surface area is 90.0 Å². The zero-order valence-corrected chi connectivity index (χ0v) is 9.47. The van der Waals surface area contributed by atoms with Gasteiger partial charge in [0.05, 0.1) is 0 Å². The lowest BCUT2D eigenvalue weighted by Crippen LogP contribution is -2.27. The quantitative estimate of drug-likeness (QED) is 0.549. The summed E-state index contributed by atoms with van der Waals surface area (Å²) in [6, 6.07) is 2.16. The Bertz CT molecular complexity index is 368. The van der Waals surface area contributed by atoms with E-state index < -0.39 is 0 Å². The van der Waals surface area contributed by atoms with Gasteiger partial charge in [-0.05, 0) is 13.8 Å². The fourth-order valence-electron chi connectivity index (χ4n) is 1.03. The minimum absolute atomic E-state index is 0.361. The molecule has 1 heterocycles. The molecule has 0 atom stereocenters. The summed E-state index contributed by atoms with van der Waals surface area (Å²) in [5.74, 6) is 1.42. The first-order chi connectivity index (χ1) is 7.06. The maximum Gasteiger partial charge on any atom is 0.185 e. The van der Waals surface area contributed by atoms with E-state index in [2.05, 4.69) is 23.8 Å². The van der Waals surface area contributed by atoms with Gasteiger partial charge in [-0.1, -0.05) is 0 Å². The molecule has 0 aliphatic heterocycles. The van der Waals surface area contributed by atoms with Crippen LogP contribution in [0.2, 0.25) is 0 Å². The van der Waals surface area contributed by atoms with E-state index in [9.17, 15) is 0 Å². The van der Waals surface area contributed by atoms with Crippen molar-refractivity contribution >= 4 is 11.6 Å². The molecule has 0 radical (unpaired) electrons. The van der Waals surface area contributed by atoms with Crippen LogP contribution in [0.25, 0.3) is 0 Å². The first-order valence-electron chi connectivity index (χ1n) is 4.74. The zero-order chi connectivity index (χ0) is 11.4. The Kier molecular flexibility index (Phi) is 3.45. The molecule has 5 nitrogen and oxygen atoms in total. The fraction of sp³-hybridized carbons (Fsp3) is 0.500. The molecule has 0 unspecified atom stereocenters. The van der Waals surface area contributed by atoms with Crippen LogP contribution in [0.1, 0.15) is 13.8 Å². The molecule has 0 saturated carbocycles. The molecule has 5 heteroatoms. The van der Waals surface area contributed by atoms with E-state index in [0.29, 0.717) is 11.9 Å². The SMILES string of the molecule is CC(C)N(C)c1cc(N(C)C#N)ncn1. The van der Waals surface area contributed by atoms with Crippen LogP contribution >= 0.6 is 0 Å². The molecule has 0 aromatic carbocycles. The van der Waals surface area contributed by atoms with Crippen molar-refractivity contribution in [2.45, 2.75) is 19.9 Å². The lowest BCUT2D eigenvalue weighted by Gasteiger charge is -2.22. The Balaban J connectivity index is 2.98. The highest BCUT2D eigenvalue weighted by Crippen LogP contribution is 2.16. The van der Waals surface area contributed by atoms with E-state index in [1.807, 2.05) is 18.1 Å². The largest absolute Gasteiger partial charge is 0.357 e. The van der Waals surface area contributed by atoms with E-state index in [1.165, 1.54) is 11.2 Å². The second-order valence-electron chi connectivity index (χ2n) is 3.60. The second kappa shape index (κ2) is 4.60. The zero-order valence-electron chi connectivity index (χ0n) is 9.47. The number of hydrogen-bond donors (Lipinski definition) is 0. The third-order valence-corrected chi connectivity index (χ3v) is 2.27. The van der Waals surface area contributed by atoms with E-state index in [-0.39, 0.29) is 0 Å². The van der Waals surface area contributed by atoms with Crippen molar-refractivity contribution in [3.63, 3.8) is 0 Å². The topological polar surface area (TPSA) is 56.0 Å². The Morgan fingerprint density at radius 2 is 1.87 bits per heavy atom. The maximum absolute atomic E-state index is 8.73. The second-order valence-corrected chi connectivity index (χ2v) is 3.60. The minimum atomic E-state index is 0.361. The molecule has 0 N–H and O–H groups in total. The van der Waals surface area contributed by atoms with Gasteiger partial charge in [0, 0.05) is 26.2 Å². The highest BCUT2D eigenvalue weighted by molar-refractivity contribution is 5.51. The summed E-state index contributed by atoms with van der Waals surface area (Å²) in [6.45, 7) is 4.16. The van der Waals surface area contributed by atoms with Gasteiger partial charge in [0.2, 0.25) is 0 Å². The molecule has 0 aliphatic carbocycles. The highest BCUT2D eigenvalue weighted by atomic mass is 15.2. The van der Waals surface area contributed by atoms with Gasteiger partial charge in [0.15, 0.2) is 6.19 Å². The summed E-state index contributed by atoms with van der Waals surface area (Å²) < 4.78 is 0. The number of hydrogen-bond acceptors (Lipinski definition) is 5. The van der Waals surface area contributed by atoms with Crippen LogP contribution in [0.3, 0.4) is 0 Å². The number of aromatic nitrogens is 2. The van der Waals surface area contributed by atoms with E-state index >= 15 is 0 Å². The van der Waals surface area contributed by atoms with Crippen LogP contribution in [0.5, 0.6) is 0 Å². The summed E-state index contributed by atoms with van der Waals surface area (Å²) in [5.41, 5.74) is 0. The van der Waals surface area contributed by atoms with Crippen LogP contribution in [0, 0.1) is 11.5 Å². The monoisotopic (exact) mass is 205 g/mol. The highest BCUT2D eigenvalue weighted by Gasteiger charge is 2.09. The molecule has 15 heavy (non-hydrogen) atoms. The lowest BCUT2D eigenvalue weighted by molar-refractivity contribution is 0.741. The smallest absolute Gasteiger partial charge is 0.185 e. The van der Waals surface area contributed by atoms with Gasteiger partial charge < -0.3 is 4.90 Å². The Morgan fingerprint density at radius 3 is 2.40 bits per heavy atom. The molecule has 80 valence electrons. The maximum atomic E-state index is 8.73. The average Bonchev–Trinajstić information content (AvgIpc) is 2.27. The summed E-state index contributed by atoms with van der Waals surface area (Å²) in [7, 11) is 3.63. The summed E-state index contributed by atoms with van der Waals surface area (Å²) >= 11 is 0. The van der Waals surface area contributed by atoms with E-state index in [1.54, 1.807) is 13.1 Å². The number of nitriles is 1. The van der Waals surface area contributed by atoms with Crippen LogP contribution in [0.15, 0.2) is 12.4 Å². The first kappa shape index (κ1) is 11.2. The third-order valence-electron chi connectivity index (χ3n) is 2.27. The van der Waals surface area contributed by atoms with Gasteiger partial charge in [-0.2, -0.15) is 5.26 Å².